The molecule has 0 spiro atoms. The molecule has 0 aromatic heterocycles. The molecule has 1 rings (SSSR count). The monoisotopic (exact) mass is 160 g/mol. The van der Waals surface area contributed by atoms with Crippen LogP contribution < -0.4 is 4.74 Å². The summed E-state index contributed by atoms with van der Waals surface area (Å²) in [6.45, 7) is 7.38. The van der Waals surface area contributed by atoms with Crippen molar-refractivity contribution in [2.45, 2.75) is 0 Å². The molecule has 0 aliphatic carbocycles. The molecule has 0 atom stereocenters. The first-order valence-electron chi connectivity index (χ1n) is 3.74. The molecule has 0 heterocycles. The third-order valence-corrected chi connectivity index (χ3v) is 1.66. The first-order chi connectivity index (χ1) is 5.80. The number of ether oxygens (including phenoxy) is 1. The highest BCUT2D eigenvalue weighted by Gasteiger charge is 1.95. The summed E-state index contributed by atoms with van der Waals surface area (Å²) in [6.07, 6.45) is 3.57. The van der Waals surface area contributed by atoms with Gasteiger partial charge in [-0.15, -0.1) is 0 Å². The Balaban J connectivity index is 3.18. The van der Waals surface area contributed by atoms with Gasteiger partial charge in [0.25, 0.3) is 0 Å². The first-order valence-corrected chi connectivity index (χ1v) is 3.74. The van der Waals surface area contributed by atoms with E-state index in [0.29, 0.717) is 0 Å². The molecule has 0 aliphatic rings. The van der Waals surface area contributed by atoms with Gasteiger partial charge < -0.3 is 4.74 Å². The maximum atomic E-state index is 5.10. The van der Waals surface area contributed by atoms with Crippen molar-refractivity contribution in [2.75, 3.05) is 7.11 Å². The van der Waals surface area contributed by atoms with Gasteiger partial charge in [-0.05, 0) is 29.3 Å². The summed E-state index contributed by atoms with van der Waals surface area (Å²) in [4.78, 5) is 0. The van der Waals surface area contributed by atoms with Crippen molar-refractivity contribution in [1.82, 2.24) is 0 Å². The average Bonchev–Trinajstić information content (AvgIpc) is 2.16. The molecule has 0 fully saturated rings. The molecule has 0 aliphatic heterocycles. The van der Waals surface area contributed by atoms with E-state index in [1.807, 2.05) is 18.2 Å². The second-order valence-electron chi connectivity index (χ2n) is 2.45. The van der Waals surface area contributed by atoms with Crippen LogP contribution in [0.2, 0.25) is 0 Å². The zero-order valence-corrected chi connectivity index (χ0v) is 7.21. The summed E-state index contributed by atoms with van der Waals surface area (Å²) in [7, 11) is 1.65. The van der Waals surface area contributed by atoms with Gasteiger partial charge in [0.15, 0.2) is 0 Å². The van der Waals surface area contributed by atoms with Gasteiger partial charge in [0, 0.05) is 0 Å². The maximum absolute atomic E-state index is 5.10. The Labute approximate surface area is 73.0 Å². The van der Waals surface area contributed by atoms with Gasteiger partial charge in [0.2, 0.25) is 0 Å². The molecule has 0 N–H and O–H groups in total. The second-order valence-corrected chi connectivity index (χ2v) is 2.45. The molecule has 1 nitrogen and oxygen atoms in total. The van der Waals surface area contributed by atoms with Crippen molar-refractivity contribution in [2.24, 2.45) is 0 Å². The predicted molar refractivity (Wildman–Crippen MR) is 53.2 cm³/mol. The third-order valence-electron chi connectivity index (χ3n) is 1.66. The Bertz CT molecular complexity index is 274. The summed E-state index contributed by atoms with van der Waals surface area (Å²) in [5.74, 6) is 0.835. The molecule has 0 saturated carbocycles. The van der Waals surface area contributed by atoms with Crippen LogP contribution in [0.25, 0.3) is 12.2 Å². The molecule has 1 heteroatoms. The third kappa shape index (κ3) is 1.76. The summed E-state index contributed by atoms with van der Waals surface area (Å²) < 4.78 is 5.10. The molecule has 12 heavy (non-hydrogen) atoms. The topological polar surface area (TPSA) is 9.23 Å². The highest BCUT2D eigenvalue weighted by Crippen LogP contribution is 2.18. The zero-order valence-electron chi connectivity index (χ0n) is 7.21. The Hall–Kier alpha value is -1.50. The molecular formula is C11H12O. The number of hydrogen-bond donors (Lipinski definition) is 0. The number of hydrogen-bond acceptors (Lipinski definition) is 1. The van der Waals surface area contributed by atoms with E-state index < -0.39 is 0 Å². The van der Waals surface area contributed by atoms with Crippen LogP contribution in [-0.4, -0.2) is 7.11 Å². The summed E-state index contributed by atoms with van der Waals surface area (Å²) in [5, 5.41) is 0. The van der Waals surface area contributed by atoms with Crippen LogP contribution in [0.1, 0.15) is 11.1 Å². The van der Waals surface area contributed by atoms with Gasteiger partial charge >= 0.3 is 0 Å². The van der Waals surface area contributed by atoms with Gasteiger partial charge in [-0.25, -0.2) is 0 Å². The molecule has 0 amide bonds. The van der Waals surface area contributed by atoms with E-state index in [4.69, 9.17) is 4.74 Å². The Morgan fingerprint density at radius 2 is 1.58 bits per heavy atom. The van der Waals surface area contributed by atoms with Gasteiger partial charge in [-0.1, -0.05) is 25.3 Å². The van der Waals surface area contributed by atoms with Crippen molar-refractivity contribution < 1.29 is 4.74 Å². The van der Waals surface area contributed by atoms with Gasteiger partial charge in [-0.2, -0.15) is 0 Å². The Morgan fingerprint density at radius 3 is 1.92 bits per heavy atom. The highest BCUT2D eigenvalue weighted by molar-refractivity contribution is 5.59. The highest BCUT2D eigenvalue weighted by atomic mass is 16.5. The minimum atomic E-state index is 0.835. The van der Waals surface area contributed by atoms with Gasteiger partial charge in [0.05, 0.1) is 7.11 Å². The first kappa shape index (κ1) is 8.60. The molecule has 0 saturated heterocycles. The van der Waals surface area contributed by atoms with Crippen LogP contribution >= 0.6 is 0 Å². The SMILES string of the molecule is C=Cc1cc(C=C)cc(OC)c1. The van der Waals surface area contributed by atoms with Crippen molar-refractivity contribution >= 4 is 12.2 Å². The maximum Gasteiger partial charge on any atom is 0.120 e. The Kier molecular flexibility index (Phi) is 2.70. The van der Waals surface area contributed by atoms with Crippen LogP contribution in [0.4, 0.5) is 0 Å². The minimum absolute atomic E-state index is 0.835. The Morgan fingerprint density at radius 1 is 1.08 bits per heavy atom. The van der Waals surface area contributed by atoms with Gasteiger partial charge in [-0.3, -0.25) is 0 Å². The normalized spacial score (nSPS) is 9.08. The van der Waals surface area contributed by atoms with E-state index in [9.17, 15) is 0 Å². The van der Waals surface area contributed by atoms with Crippen LogP contribution in [0.15, 0.2) is 31.4 Å². The van der Waals surface area contributed by atoms with E-state index in [1.54, 1.807) is 19.3 Å². The molecule has 62 valence electrons. The van der Waals surface area contributed by atoms with E-state index in [1.165, 1.54) is 0 Å². The standard InChI is InChI=1S/C11H12O/c1-4-9-6-10(5-2)8-11(7-9)12-3/h4-8H,1-2H2,3H3. The van der Waals surface area contributed by atoms with Crippen LogP contribution in [0.3, 0.4) is 0 Å². The lowest BCUT2D eigenvalue weighted by Gasteiger charge is -2.02. The number of benzene rings is 1. The lowest BCUT2D eigenvalue weighted by molar-refractivity contribution is 0.414. The van der Waals surface area contributed by atoms with Crippen LogP contribution in [0.5, 0.6) is 5.75 Å². The molecule has 0 radical (unpaired) electrons. The number of methoxy groups -OCH3 is 1. The van der Waals surface area contributed by atoms with Crippen LogP contribution in [-0.2, 0) is 0 Å². The van der Waals surface area contributed by atoms with E-state index in [0.717, 1.165) is 16.9 Å². The quantitative estimate of drug-likeness (QED) is 0.660. The van der Waals surface area contributed by atoms with Gasteiger partial charge in [0.1, 0.15) is 5.75 Å². The van der Waals surface area contributed by atoms with Crippen molar-refractivity contribution in [3.05, 3.63) is 42.5 Å². The lowest BCUT2D eigenvalue weighted by atomic mass is 10.1. The minimum Gasteiger partial charge on any atom is -0.497 e. The lowest BCUT2D eigenvalue weighted by Crippen LogP contribution is -1.84. The zero-order chi connectivity index (χ0) is 8.97. The predicted octanol–water partition coefficient (Wildman–Crippen LogP) is 2.98. The average molecular weight is 160 g/mol. The van der Waals surface area contributed by atoms with Crippen molar-refractivity contribution in [3.8, 4) is 5.75 Å². The molecular weight excluding hydrogens is 148 g/mol. The molecule has 0 bridgehead atoms. The fourth-order valence-electron chi connectivity index (χ4n) is 1.000. The molecule has 1 aromatic rings. The summed E-state index contributed by atoms with van der Waals surface area (Å²) in [6, 6.07) is 5.86. The van der Waals surface area contributed by atoms with E-state index in [-0.39, 0.29) is 0 Å². The van der Waals surface area contributed by atoms with E-state index >= 15 is 0 Å². The van der Waals surface area contributed by atoms with E-state index in [2.05, 4.69) is 13.2 Å². The molecule has 0 unspecified atom stereocenters. The van der Waals surface area contributed by atoms with Crippen LogP contribution in [0, 0.1) is 0 Å². The fourth-order valence-corrected chi connectivity index (χ4v) is 1.000. The largest absolute Gasteiger partial charge is 0.497 e. The molecule has 1 aromatic carbocycles. The summed E-state index contributed by atoms with van der Waals surface area (Å²) >= 11 is 0. The second kappa shape index (κ2) is 3.77. The van der Waals surface area contributed by atoms with Crippen molar-refractivity contribution in [3.63, 3.8) is 0 Å². The fraction of sp³-hybridized carbons (Fsp3) is 0.0909. The number of rotatable bonds is 3. The van der Waals surface area contributed by atoms with Crippen molar-refractivity contribution in [1.29, 1.82) is 0 Å². The smallest absolute Gasteiger partial charge is 0.120 e. The summed E-state index contributed by atoms with van der Waals surface area (Å²) in [5.41, 5.74) is 2.09.